The highest BCUT2D eigenvalue weighted by Gasteiger charge is 2.21. The molecule has 100 valence electrons. The Morgan fingerprint density at radius 1 is 1.35 bits per heavy atom. The molecule has 1 fully saturated rings. The van der Waals surface area contributed by atoms with E-state index in [1.165, 1.54) is 25.7 Å². The smallest absolute Gasteiger partial charge is 0.220 e. The summed E-state index contributed by atoms with van der Waals surface area (Å²) in [6.45, 7) is 4.20. The van der Waals surface area contributed by atoms with Crippen LogP contribution in [0.1, 0.15) is 65.2 Å². The van der Waals surface area contributed by atoms with Crippen molar-refractivity contribution in [1.29, 1.82) is 0 Å². The molecule has 1 rings (SSSR count). The van der Waals surface area contributed by atoms with E-state index in [0.717, 1.165) is 25.2 Å². The molecular formula is C14H28N2O. The van der Waals surface area contributed by atoms with Gasteiger partial charge in [0.1, 0.15) is 0 Å². The van der Waals surface area contributed by atoms with Gasteiger partial charge in [-0.15, -0.1) is 0 Å². The van der Waals surface area contributed by atoms with E-state index in [9.17, 15) is 4.79 Å². The average Bonchev–Trinajstić information content (AvgIpc) is 2.29. The van der Waals surface area contributed by atoms with E-state index in [0.29, 0.717) is 12.5 Å². The van der Waals surface area contributed by atoms with Crippen LogP contribution in [0.15, 0.2) is 0 Å². The molecule has 0 radical (unpaired) electrons. The molecule has 17 heavy (non-hydrogen) atoms. The normalized spacial score (nSPS) is 26.5. The molecule has 0 saturated heterocycles. The van der Waals surface area contributed by atoms with Gasteiger partial charge in [0, 0.05) is 18.5 Å². The van der Waals surface area contributed by atoms with E-state index in [4.69, 9.17) is 5.73 Å². The van der Waals surface area contributed by atoms with Crippen LogP contribution < -0.4 is 11.1 Å². The van der Waals surface area contributed by atoms with E-state index < -0.39 is 0 Å². The number of hydrogen-bond acceptors (Lipinski definition) is 2. The van der Waals surface area contributed by atoms with Gasteiger partial charge in [0.15, 0.2) is 0 Å². The predicted octanol–water partition coefficient (Wildman–Crippen LogP) is 2.59. The predicted molar refractivity (Wildman–Crippen MR) is 71.7 cm³/mol. The number of nitrogens with one attached hydrogen (secondary N) is 1. The van der Waals surface area contributed by atoms with Crippen molar-refractivity contribution in [2.24, 2.45) is 11.7 Å². The van der Waals surface area contributed by atoms with Crippen molar-refractivity contribution >= 4 is 5.91 Å². The molecular weight excluding hydrogens is 212 g/mol. The van der Waals surface area contributed by atoms with Gasteiger partial charge in [-0.3, -0.25) is 4.79 Å². The summed E-state index contributed by atoms with van der Waals surface area (Å²) >= 11 is 0. The Balaban J connectivity index is 2.14. The minimum atomic E-state index is 0.126. The van der Waals surface area contributed by atoms with Gasteiger partial charge in [-0.05, 0) is 44.9 Å². The van der Waals surface area contributed by atoms with Crippen LogP contribution in [0.25, 0.3) is 0 Å². The summed E-state index contributed by atoms with van der Waals surface area (Å²) in [6, 6.07) is 0.546. The number of carbonyl (C=O) groups is 1. The van der Waals surface area contributed by atoms with Gasteiger partial charge in [0.25, 0.3) is 0 Å². The Hall–Kier alpha value is -0.570. The summed E-state index contributed by atoms with van der Waals surface area (Å²) in [5.74, 6) is 1.08. The largest absolute Gasteiger partial charge is 0.353 e. The fraction of sp³-hybridized carbons (Fsp3) is 0.929. The number of rotatable bonds is 6. The Bertz CT molecular complexity index is 220. The van der Waals surface area contributed by atoms with Gasteiger partial charge in [-0.25, -0.2) is 0 Å². The van der Waals surface area contributed by atoms with E-state index in [-0.39, 0.29) is 11.9 Å². The summed E-state index contributed by atoms with van der Waals surface area (Å²) < 4.78 is 0. The highest BCUT2D eigenvalue weighted by Crippen LogP contribution is 2.27. The van der Waals surface area contributed by atoms with Crippen molar-refractivity contribution < 1.29 is 4.79 Å². The summed E-state index contributed by atoms with van der Waals surface area (Å²) in [5.41, 5.74) is 5.65. The molecule has 1 unspecified atom stereocenters. The first kappa shape index (κ1) is 14.5. The first-order valence-electron chi connectivity index (χ1n) is 7.16. The van der Waals surface area contributed by atoms with Gasteiger partial charge in [-0.2, -0.15) is 0 Å². The first-order valence-corrected chi connectivity index (χ1v) is 7.16. The fourth-order valence-corrected chi connectivity index (χ4v) is 2.66. The van der Waals surface area contributed by atoms with Crippen molar-refractivity contribution in [3.8, 4) is 0 Å². The topological polar surface area (TPSA) is 55.1 Å². The maximum atomic E-state index is 11.7. The van der Waals surface area contributed by atoms with Crippen molar-refractivity contribution in [2.75, 3.05) is 0 Å². The molecule has 0 aromatic rings. The van der Waals surface area contributed by atoms with E-state index in [1.807, 2.05) is 6.92 Å². The zero-order valence-corrected chi connectivity index (χ0v) is 11.4. The fourth-order valence-electron chi connectivity index (χ4n) is 2.66. The van der Waals surface area contributed by atoms with Crippen LogP contribution in [0.5, 0.6) is 0 Å². The summed E-state index contributed by atoms with van der Waals surface area (Å²) in [5, 5.41) is 3.14. The second-order valence-electron chi connectivity index (χ2n) is 5.59. The van der Waals surface area contributed by atoms with Gasteiger partial charge in [0.05, 0.1) is 0 Å². The monoisotopic (exact) mass is 240 g/mol. The van der Waals surface area contributed by atoms with E-state index in [2.05, 4.69) is 12.2 Å². The molecule has 3 N–H and O–H groups in total. The average molecular weight is 240 g/mol. The van der Waals surface area contributed by atoms with Crippen LogP contribution in [0, 0.1) is 5.92 Å². The molecule has 1 atom stereocenters. The van der Waals surface area contributed by atoms with Crippen molar-refractivity contribution in [2.45, 2.75) is 77.3 Å². The van der Waals surface area contributed by atoms with Crippen LogP contribution >= 0.6 is 0 Å². The third-order valence-electron chi connectivity index (χ3n) is 3.74. The van der Waals surface area contributed by atoms with Gasteiger partial charge in [0.2, 0.25) is 5.91 Å². The van der Waals surface area contributed by atoms with Crippen LogP contribution in [0.4, 0.5) is 0 Å². The third kappa shape index (κ3) is 6.06. The van der Waals surface area contributed by atoms with Crippen LogP contribution in [-0.2, 0) is 4.79 Å². The Labute approximate surface area is 106 Å². The molecule has 0 aromatic carbocycles. The number of amides is 1. The molecule has 0 aromatic heterocycles. The number of nitrogens with two attached hydrogens (primary N) is 1. The maximum absolute atomic E-state index is 11.7. The van der Waals surface area contributed by atoms with Crippen LogP contribution in [-0.4, -0.2) is 18.0 Å². The highest BCUT2D eigenvalue weighted by atomic mass is 16.1. The zero-order valence-electron chi connectivity index (χ0n) is 11.4. The first-order chi connectivity index (χ1) is 8.11. The lowest BCUT2D eigenvalue weighted by molar-refractivity contribution is -0.122. The second-order valence-corrected chi connectivity index (χ2v) is 5.59. The Morgan fingerprint density at radius 2 is 2.00 bits per heavy atom. The molecule has 1 aliphatic carbocycles. The third-order valence-corrected chi connectivity index (χ3v) is 3.74. The number of hydrogen-bond donors (Lipinski definition) is 2. The Morgan fingerprint density at radius 3 is 2.53 bits per heavy atom. The highest BCUT2D eigenvalue weighted by molar-refractivity contribution is 5.76. The lowest BCUT2D eigenvalue weighted by Crippen LogP contribution is -2.38. The van der Waals surface area contributed by atoms with Crippen LogP contribution in [0.2, 0.25) is 0 Å². The van der Waals surface area contributed by atoms with E-state index in [1.54, 1.807) is 0 Å². The summed E-state index contributed by atoms with van der Waals surface area (Å²) in [7, 11) is 0. The Kier molecular flexibility index (Phi) is 6.56. The second kappa shape index (κ2) is 7.70. The minimum Gasteiger partial charge on any atom is -0.353 e. The summed E-state index contributed by atoms with van der Waals surface area (Å²) in [4.78, 5) is 11.7. The lowest BCUT2D eigenvalue weighted by atomic mass is 9.83. The van der Waals surface area contributed by atoms with Crippen molar-refractivity contribution in [1.82, 2.24) is 5.32 Å². The molecule has 3 heteroatoms. The van der Waals surface area contributed by atoms with Gasteiger partial charge in [-0.1, -0.05) is 19.8 Å². The lowest BCUT2D eigenvalue weighted by Gasteiger charge is -2.29. The summed E-state index contributed by atoms with van der Waals surface area (Å²) in [6.07, 6.45) is 8.90. The molecule has 0 aliphatic heterocycles. The van der Waals surface area contributed by atoms with Gasteiger partial charge < -0.3 is 11.1 Å². The quantitative estimate of drug-likeness (QED) is 0.750. The minimum absolute atomic E-state index is 0.126. The molecule has 1 saturated carbocycles. The van der Waals surface area contributed by atoms with Crippen molar-refractivity contribution in [3.05, 3.63) is 0 Å². The molecule has 0 spiro atoms. The molecule has 1 amide bonds. The van der Waals surface area contributed by atoms with Crippen molar-refractivity contribution in [3.63, 3.8) is 0 Å². The molecule has 1 aliphatic rings. The standard InChI is InChI=1S/C14H28N2O/c1-3-4-12-6-8-13(9-7-12)16-14(17)10-5-11(2)15/h11-13H,3-10,15H2,1-2H3,(H,16,17). The number of carbonyl (C=O) groups excluding carboxylic acids is 1. The molecule has 3 nitrogen and oxygen atoms in total. The molecule has 0 bridgehead atoms. The van der Waals surface area contributed by atoms with Gasteiger partial charge >= 0.3 is 0 Å². The SMILES string of the molecule is CCCC1CCC(NC(=O)CCC(C)N)CC1. The maximum Gasteiger partial charge on any atom is 0.220 e. The molecule has 0 heterocycles. The van der Waals surface area contributed by atoms with E-state index >= 15 is 0 Å². The van der Waals surface area contributed by atoms with Crippen LogP contribution in [0.3, 0.4) is 0 Å². The zero-order chi connectivity index (χ0) is 12.7.